The maximum absolute atomic E-state index is 11.5. The summed E-state index contributed by atoms with van der Waals surface area (Å²) in [6.07, 6.45) is 5.04. The molecule has 13 heavy (non-hydrogen) atoms. The lowest BCUT2D eigenvalue weighted by Gasteiger charge is -2.31. The van der Waals surface area contributed by atoms with Gasteiger partial charge < -0.3 is 0 Å². The zero-order valence-electron chi connectivity index (χ0n) is 7.93. The first-order chi connectivity index (χ1) is 6.10. The second-order valence-corrected chi connectivity index (χ2v) is 4.62. The minimum absolute atomic E-state index is 0.0654. The van der Waals surface area contributed by atoms with Crippen molar-refractivity contribution in [3.63, 3.8) is 0 Å². The number of nitrogens with one attached hydrogen (secondary N) is 1. The number of hydrogen-bond donors (Lipinski definition) is 1. The van der Waals surface area contributed by atoms with Crippen molar-refractivity contribution in [2.45, 2.75) is 39.0 Å². The van der Waals surface area contributed by atoms with Gasteiger partial charge in [0.15, 0.2) is 0 Å². The van der Waals surface area contributed by atoms with Crippen LogP contribution in [0, 0.1) is 11.3 Å². The van der Waals surface area contributed by atoms with Crippen LogP contribution < -0.4 is 5.32 Å². The number of carbonyl (C=O) groups is 2. The van der Waals surface area contributed by atoms with Gasteiger partial charge in [-0.15, -0.1) is 0 Å². The molecule has 2 amide bonds. The highest BCUT2D eigenvalue weighted by Crippen LogP contribution is 2.41. The van der Waals surface area contributed by atoms with E-state index in [-0.39, 0.29) is 11.8 Å². The van der Waals surface area contributed by atoms with Crippen LogP contribution in [0.5, 0.6) is 0 Å². The molecule has 1 unspecified atom stereocenters. The summed E-state index contributed by atoms with van der Waals surface area (Å²) in [5, 5.41) is 2.38. The molecule has 0 spiro atoms. The zero-order valence-corrected chi connectivity index (χ0v) is 7.93. The molecule has 1 saturated heterocycles. The van der Waals surface area contributed by atoms with Gasteiger partial charge in [0.05, 0.1) is 5.41 Å². The van der Waals surface area contributed by atoms with Gasteiger partial charge in [-0.1, -0.05) is 26.2 Å². The molecule has 0 radical (unpaired) electrons. The smallest absolute Gasteiger partial charge is 0.233 e. The van der Waals surface area contributed by atoms with Crippen molar-refractivity contribution in [1.29, 1.82) is 0 Å². The maximum atomic E-state index is 11.5. The van der Waals surface area contributed by atoms with Crippen LogP contribution in [0.25, 0.3) is 0 Å². The monoisotopic (exact) mass is 181 g/mol. The molecule has 0 aromatic carbocycles. The number of hydrogen-bond acceptors (Lipinski definition) is 2. The van der Waals surface area contributed by atoms with E-state index in [1.807, 2.05) is 6.92 Å². The molecule has 2 aliphatic rings. The van der Waals surface area contributed by atoms with Gasteiger partial charge in [0.2, 0.25) is 11.8 Å². The molecule has 2 rings (SSSR count). The Bertz CT molecular complexity index is 258. The molecule has 0 bridgehead atoms. The van der Waals surface area contributed by atoms with E-state index in [4.69, 9.17) is 0 Å². The van der Waals surface area contributed by atoms with E-state index in [0.29, 0.717) is 12.3 Å². The Balaban J connectivity index is 2.01. The van der Waals surface area contributed by atoms with Crippen molar-refractivity contribution in [3.8, 4) is 0 Å². The largest absolute Gasteiger partial charge is 0.296 e. The van der Waals surface area contributed by atoms with Crippen molar-refractivity contribution in [2.75, 3.05) is 0 Å². The normalized spacial score (nSPS) is 34.5. The summed E-state index contributed by atoms with van der Waals surface area (Å²) < 4.78 is 0. The van der Waals surface area contributed by atoms with Crippen LogP contribution in [-0.4, -0.2) is 11.8 Å². The summed E-state index contributed by atoms with van der Waals surface area (Å²) in [5.41, 5.74) is -0.401. The molecule has 1 aliphatic heterocycles. The molecule has 3 heteroatoms. The highest BCUT2D eigenvalue weighted by molar-refractivity contribution is 6.05. The van der Waals surface area contributed by atoms with E-state index in [2.05, 4.69) is 5.32 Å². The van der Waals surface area contributed by atoms with E-state index < -0.39 is 5.41 Å². The van der Waals surface area contributed by atoms with Crippen molar-refractivity contribution in [2.24, 2.45) is 11.3 Å². The lowest BCUT2D eigenvalue weighted by molar-refractivity contribution is -0.128. The molecule has 1 saturated carbocycles. The third-order valence-electron chi connectivity index (χ3n) is 3.32. The van der Waals surface area contributed by atoms with Gasteiger partial charge in [0.1, 0.15) is 0 Å². The summed E-state index contributed by atoms with van der Waals surface area (Å²) in [4.78, 5) is 22.5. The van der Waals surface area contributed by atoms with Gasteiger partial charge in [-0.3, -0.25) is 14.9 Å². The van der Waals surface area contributed by atoms with Crippen molar-refractivity contribution in [1.82, 2.24) is 5.32 Å². The van der Waals surface area contributed by atoms with Gasteiger partial charge in [-0.2, -0.15) is 0 Å². The predicted molar refractivity (Wildman–Crippen MR) is 47.8 cm³/mol. The maximum Gasteiger partial charge on any atom is 0.233 e. The molecule has 3 nitrogen and oxygen atoms in total. The summed E-state index contributed by atoms with van der Waals surface area (Å²) in [6.45, 7) is 1.91. The van der Waals surface area contributed by atoms with Gasteiger partial charge in [-0.25, -0.2) is 0 Å². The lowest BCUT2D eigenvalue weighted by atomic mass is 9.72. The van der Waals surface area contributed by atoms with Crippen molar-refractivity contribution >= 4 is 11.8 Å². The van der Waals surface area contributed by atoms with Crippen LogP contribution in [0.3, 0.4) is 0 Å². The van der Waals surface area contributed by atoms with E-state index >= 15 is 0 Å². The highest BCUT2D eigenvalue weighted by Gasteiger charge is 2.44. The third-order valence-corrected chi connectivity index (χ3v) is 3.32. The number of carbonyl (C=O) groups excluding carboxylic acids is 2. The number of rotatable bonds is 2. The van der Waals surface area contributed by atoms with E-state index in [1.165, 1.54) is 19.3 Å². The van der Waals surface area contributed by atoms with Gasteiger partial charge in [-0.05, 0) is 12.3 Å². The summed E-state index contributed by atoms with van der Waals surface area (Å²) >= 11 is 0. The van der Waals surface area contributed by atoms with Crippen LogP contribution in [0.15, 0.2) is 0 Å². The minimum Gasteiger partial charge on any atom is -0.296 e. The molecule has 2 fully saturated rings. The average molecular weight is 181 g/mol. The average Bonchev–Trinajstić information content (AvgIpc) is 2.19. The molecular weight excluding hydrogens is 166 g/mol. The second-order valence-electron chi connectivity index (χ2n) is 4.62. The van der Waals surface area contributed by atoms with E-state index in [1.54, 1.807) is 0 Å². The first kappa shape index (κ1) is 8.73. The Morgan fingerprint density at radius 1 is 1.46 bits per heavy atom. The Morgan fingerprint density at radius 3 is 2.54 bits per heavy atom. The van der Waals surface area contributed by atoms with Crippen LogP contribution in [0.1, 0.15) is 39.0 Å². The van der Waals surface area contributed by atoms with Crippen LogP contribution in [-0.2, 0) is 9.59 Å². The summed E-state index contributed by atoms with van der Waals surface area (Å²) in [6, 6.07) is 0. The van der Waals surface area contributed by atoms with E-state index in [9.17, 15) is 9.59 Å². The Kier molecular flexibility index (Phi) is 1.90. The van der Waals surface area contributed by atoms with Crippen LogP contribution in [0.2, 0.25) is 0 Å². The van der Waals surface area contributed by atoms with Gasteiger partial charge in [0, 0.05) is 6.42 Å². The molecule has 0 aromatic rings. The zero-order chi connectivity index (χ0) is 9.47. The second kappa shape index (κ2) is 2.82. The van der Waals surface area contributed by atoms with Crippen molar-refractivity contribution < 1.29 is 9.59 Å². The fourth-order valence-electron chi connectivity index (χ4n) is 2.26. The molecule has 1 heterocycles. The predicted octanol–water partition coefficient (Wildman–Crippen LogP) is 1.23. The topological polar surface area (TPSA) is 46.2 Å². The number of imide groups is 1. The fourth-order valence-corrected chi connectivity index (χ4v) is 2.26. The van der Waals surface area contributed by atoms with Crippen molar-refractivity contribution in [3.05, 3.63) is 0 Å². The Morgan fingerprint density at radius 2 is 2.15 bits per heavy atom. The summed E-state index contributed by atoms with van der Waals surface area (Å²) in [5.74, 6) is 0.512. The third kappa shape index (κ3) is 1.47. The fraction of sp³-hybridized carbons (Fsp3) is 0.800. The van der Waals surface area contributed by atoms with E-state index in [0.717, 1.165) is 6.42 Å². The Labute approximate surface area is 77.9 Å². The first-order valence-electron chi connectivity index (χ1n) is 4.94. The number of amides is 2. The molecule has 1 aliphatic carbocycles. The van der Waals surface area contributed by atoms with Crippen LogP contribution >= 0.6 is 0 Å². The van der Waals surface area contributed by atoms with Crippen LogP contribution in [0.4, 0.5) is 0 Å². The molecule has 0 aromatic heterocycles. The lowest BCUT2D eigenvalue weighted by Crippen LogP contribution is -2.32. The van der Waals surface area contributed by atoms with Gasteiger partial charge >= 0.3 is 0 Å². The highest BCUT2D eigenvalue weighted by atomic mass is 16.2. The molecule has 1 N–H and O–H groups in total. The Hall–Kier alpha value is -0.860. The quantitative estimate of drug-likeness (QED) is 0.651. The SMILES string of the molecule is CC1(CC2CCC2)CC(=O)NC1=O. The standard InChI is InChI=1S/C10H15NO2/c1-10(5-7-3-2-4-7)6-8(12)11-9(10)13/h7H,2-6H2,1H3,(H,11,12,13). The first-order valence-corrected chi connectivity index (χ1v) is 4.94. The van der Waals surface area contributed by atoms with Gasteiger partial charge in [0.25, 0.3) is 0 Å². The molecular formula is C10H15NO2. The molecule has 1 atom stereocenters. The molecule has 72 valence electrons. The summed E-state index contributed by atoms with van der Waals surface area (Å²) in [7, 11) is 0. The minimum atomic E-state index is -0.401.